The van der Waals surface area contributed by atoms with E-state index in [0.717, 1.165) is 16.7 Å². The van der Waals surface area contributed by atoms with Crippen LogP contribution in [0.3, 0.4) is 0 Å². The number of hydrogen-bond donors (Lipinski definition) is 2. The Morgan fingerprint density at radius 2 is 2.00 bits per heavy atom. The molecule has 3 rings (SSSR count). The lowest BCUT2D eigenvalue weighted by Gasteiger charge is -2.25. The number of carbonyl (C=O) groups excluding carboxylic acids is 1. The van der Waals surface area contributed by atoms with E-state index < -0.39 is 17.8 Å². The van der Waals surface area contributed by atoms with Crippen LogP contribution in [-0.4, -0.2) is 17.2 Å². The van der Waals surface area contributed by atoms with Crippen LogP contribution in [0.25, 0.3) is 11.1 Å². The molecule has 0 aliphatic carbocycles. The molecule has 0 saturated carbocycles. The molecule has 6 heteroatoms. The molecule has 0 aromatic heterocycles. The van der Waals surface area contributed by atoms with Crippen LogP contribution in [0.15, 0.2) is 36.4 Å². The topological polar surface area (TPSA) is 58.6 Å². The first kappa shape index (κ1) is 14.8. The maximum absolute atomic E-state index is 13.2. The van der Waals surface area contributed by atoms with Gasteiger partial charge < -0.3 is 4.74 Å². The predicted octanol–water partition coefficient (Wildman–Crippen LogP) is 3.35. The van der Waals surface area contributed by atoms with Crippen LogP contribution in [0.2, 0.25) is 5.02 Å². The first-order valence-corrected chi connectivity index (χ1v) is 7.15. The fourth-order valence-corrected chi connectivity index (χ4v) is 2.66. The Hall–Kier alpha value is -2.11. The zero-order valence-corrected chi connectivity index (χ0v) is 12.2. The lowest BCUT2D eigenvalue weighted by molar-refractivity contribution is -0.137. The Morgan fingerprint density at radius 3 is 2.73 bits per heavy atom. The van der Waals surface area contributed by atoms with Crippen molar-refractivity contribution in [2.45, 2.75) is 18.9 Å². The summed E-state index contributed by atoms with van der Waals surface area (Å²) >= 11 is 5.80. The van der Waals surface area contributed by atoms with E-state index >= 15 is 0 Å². The van der Waals surface area contributed by atoms with Crippen molar-refractivity contribution >= 4 is 17.5 Å². The number of aryl methyl sites for hydroxylation is 1. The van der Waals surface area contributed by atoms with Gasteiger partial charge in [-0.1, -0.05) is 29.8 Å². The van der Waals surface area contributed by atoms with Gasteiger partial charge in [0.25, 0.3) is 5.91 Å². The van der Waals surface area contributed by atoms with Gasteiger partial charge in [0.15, 0.2) is 6.10 Å². The van der Waals surface area contributed by atoms with Crippen LogP contribution >= 0.6 is 11.6 Å². The Bertz CT molecular complexity index is 735. The Labute approximate surface area is 131 Å². The normalized spacial score (nSPS) is 16.6. The van der Waals surface area contributed by atoms with Crippen molar-refractivity contribution < 1.29 is 19.1 Å². The average Bonchev–Trinajstić information content (AvgIpc) is 2.55. The highest BCUT2D eigenvalue weighted by atomic mass is 35.5. The van der Waals surface area contributed by atoms with Crippen LogP contribution in [0, 0.1) is 5.82 Å². The number of rotatable bonds is 2. The van der Waals surface area contributed by atoms with E-state index in [0.29, 0.717) is 18.6 Å². The van der Waals surface area contributed by atoms with Gasteiger partial charge in [-0.3, -0.25) is 10.0 Å². The molecule has 0 bridgehead atoms. The fraction of sp³-hybridized carbons (Fsp3) is 0.188. The molecule has 4 nitrogen and oxygen atoms in total. The second-order valence-electron chi connectivity index (χ2n) is 5.07. The van der Waals surface area contributed by atoms with E-state index in [4.69, 9.17) is 21.5 Å². The molecule has 1 aliphatic rings. The molecule has 2 N–H and O–H groups in total. The largest absolute Gasteiger partial charge is 0.480 e. The van der Waals surface area contributed by atoms with Crippen molar-refractivity contribution in [3.8, 4) is 16.9 Å². The first-order valence-electron chi connectivity index (χ1n) is 6.77. The minimum absolute atomic E-state index is 0.0497. The molecule has 1 atom stereocenters. The molecule has 114 valence electrons. The zero-order chi connectivity index (χ0) is 15.7. The molecule has 0 spiro atoms. The highest BCUT2D eigenvalue weighted by Crippen LogP contribution is 2.33. The van der Waals surface area contributed by atoms with Gasteiger partial charge in [0.1, 0.15) is 11.6 Å². The average molecular weight is 322 g/mol. The van der Waals surface area contributed by atoms with Crippen molar-refractivity contribution in [3.05, 3.63) is 52.8 Å². The Morgan fingerprint density at radius 1 is 1.27 bits per heavy atom. The summed E-state index contributed by atoms with van der Waals surface area (Å²) < 4.78 is 18.9. The summed E-state index contributed by atoms with van der Waals surface area (Å²) in [6, 6.07) is 10.1. The number of carbonyl (C=O) groups is 1. The van der Waals surface area contributed by atoms with Gasteiger partial charge in [-0.25, -0.2) is 9.87 Å². The quantitative estimate of drug-likeness (QED) is 0.659. The molecular formula is C16H13ClFNO3. The molecular weight excluding hydrogens is 309 g/mol. The van der Waals surface area contributed by atoms with Gasteiger partial charge in [0.05, 0.1) is 5.02 Å². The molecule has 2 aromatic rings. The summed E-state index contributed by atoms with van der Waals surface area (Å²) in [6.45, 7) is 0. The third-order valence-electron chi connectivity index (χ3n) is 3.67. The third-order valence-corrected chi connectivity index (χ3v) is 3.96. The molecule has 0 radical (unpaired) electrons. The first-order chi connectivity index (χ1) is 10.6. The molecule has 2 aromatic carbocycles. The number of halogens is 2. The minimum Gasteiger partial charge on any atom is -0.480 e. The highest BCUT2D eigenvalue weighted by Gasteiger charge is 2.26. The molecule has 0 fully saturated rings. The number of amides is 1. The van der Waals surface area contributed by atoms with E-state index in [9.17, 15) is 9.18 Å². The van der Waals surface area contributed by atoms with Gasteiger partial charge in [-0.05, 0) is 47.7 Å². The number of nitrogens with one attached hydrogen (secondary N) is 1. The summed E-state index contributed by atoms with van der Waals surface area (Å²) in [5.74, 6) is -0.460. The number of hydroxylamine groups is 1. The van der Waals surface area contributed by atoms with E-state index in [1.54, 1.807) is 23.7 Å². The van der Waals surface area contributed by atoms with E-state index in [1.165, 1.54) is 6.07 Å². The van der Waals surface area contributed by atoms with Gasteiger partial charge in [-0.15, -0.1) is 0 Å². The summed E-state index contributed by atoms with van der Waals surface area (Å²) in [7, 11) is 0. The van der Waals surface area contributed by atoms with E-state index in [-0.39, 0.29) is 5.02 Å². The van der Waals surface area contributed by atoms with Crippen LogP contribution in [-0.2, 0) is 11.2 Å². The van der Waals surface area contributed by atoms with Crippen molar-refractivity contribution in [1.82, 2.24) is 5.48 Å². The van der Waals surface area contributed by atoms with Gasteiger partial charge in [-0.2, -0.15) is 0 Å². The monoisotopic (exact) mass is 321 g/mol. The highest BCUT2D eigenvalue weighted by molar-refractivity contribution is 6.31. The fourth-order valence-electron chi connectivity index (χ4n) is 2.48. The van der Waals surface area contributed by atoms with Gasteiger partial charge >= 0.3 is 0 Å². The molecule has 1 heterocycles. The Kier molecular flexibility index (Phi) is 4.00. The summed E-state index contributed by atoms with van der Waals surface area (Å²) in [4.78, 5) is 11.5. The van der Waals surface area contributed by atoms with E-state index in [2.05, 4.69) is 0 Å². The third kappa shape index (κ3) is 2.77. The standard InChI is InChI=1S/C16H13ClFNO3/c17-12-7-10(3-5-13(12)18)11-2-1-9-4-6-14(16(20)19-21)22-15(9)8-11/h1-3,5,7-8,14,21H,4,6H2,(H,19,20)/t14-/m0/s1. The van der Waals surface area contributed by atoms with Crippen molar-refractivity contribution in [2.75, 3.05) is 0 Å². The molecule has 1 amide bonds. The van der Waals surface area contributed by atoms with Crippen LogP contribution < -0.4 is 10.2 Å². The van der Waals surface area contributed by atoms with Gasteiger partial charge in [0.2, 0.25) is 0 Å². The number of benzene rings is 2. The SMILES string of the molecule is O=C(NO)[C@@H]1CCc2ccc(-c3ccc(F)c(Cl)c3)cc2O1. The number of hydrogen-bond acceptors (Lipinski definition) is 3. The van der Waals surface area contributed by atoms with Crippen LogP contribution in [0.4, 0.5) is 4.39 Å². The maximum atomic E-state index is 13.2. The van der Waals surface area contributed by atoms with Crippen molar-refractivity contribution in [2.24, 2.45) is 0 Å². The van der Waals surface area contributed by atoms with E-state index in [1.807, 2.05) is 12.1 Å². The smallest absolute Gasteiger partial charge is 0.284 e. The maximum Gasteiger partial charge on any atom is 0.284 e. The second-order valence-corrected chi connectivity index (χ2v) is 5.48. The molecule has 22 heavy (non-hydrogen) atoms. The minimum atomic E-state index is -0.718. The predicted molar refractivity (Wildman–Crippen MR) is 79.5 cm³/mol. The van der Waals surface area contributed by atoms with Gasteiger partial charge in [0, 0.05) is 0 Å². The second kappa shape index (κ2) is 5.94. The van der Waals surface area contributed by atoms with Crippen LogP contribution in [0.5, 0.6) is 5.75 Å². The number of fused-ring (bicyclic) bond motifs is 1. The molecule has 0 unspecified atom stereocenters. The van der Waals surface area contributed by atoms with Crippen LogP contribution in [0.1, 0.15) is 12.0 Å². The van der Waals surface area contributed by atoms with Crippen molar-refractivity contribution in [3.63, 3.8) is 0 Å². The Balaban J connectivity index is 1.93. The molecule has 1 aliphatic heterocycles. The molecule has 0 saturated heterocycles. The lowest BCUT2D eigenvalue weighted by atomic mass is 9.97. The lowest BCUT2D eigenvalue weighted by Crippen LogP contribution is -2.38. The van der Waals surface area contributed by atoms with Crippen molar-refractivity contribution in [1.29, 1.82) is 0 Å². The zero-order valence-electron chi connectivity index (χ0n) is 11.5. The summed E-state index contributed by atoms with van der Waals surface area (Å²) in [5, 5.41) is 8.74. The summed E-state index contributed by atoms with van der Waals surface area (Å²) in [5.41, 5.74) is 4.15. The summed E-state index contributed by atoms with van der Waals surface area (Å²) in [6.07, 6.45) is 0.462. The number of ether oxygens (including phenoxy) is 1.